The lowest BCUT2D eigenvalue weighted by Crippen LogP contribution is -2.36. The van der Waals surface area contributed by atoms with E-state index in [9.17, 15) is 5.11 Å². The quantitative estimate of drug-likeness (QED) is 0.641. The Kier molecular flexibility index (Phi) is 2.82. The van der Waals surface area contributed by atoms with Crippen LogP contribution in [0.5, 0.6) is 0 Å². The summed E-state index contributed by atoms with van der Waals surface area (Å²) in [4.78, 5) is 0. The zero-order valence-electron chi connectivity index (χ0n) is 8.80. The van der Waals surface area contributed by atoms with Crippen molar-refractivity contribution in [3.8, 4) is 0 Å². The van der Waals surface area contributed by atoms with E-state index in [2.05, 4.69) is 27.7 Å². The first-order valence-corrected chi connectivity index (χ1v) is 5.10. The van der Waals surface area contributed by atoms with Gasteiger partial charge in [0.1, 0.15) is 0 Å². The van der Waals surface area contributed by atoms with Gasteiger partial charge in [0.2, 0.25) is 0 Å². The van der Waals surface area contributed by atoms with E-state index in [1.54, 1.807) is 0 Å². The maximum absolute atomic E-state index is 9.87. The third-order valence-corrected chi connectivity index (χ3v) is 3.27. The van der Waals surface area contributed by atoms with Crippen molar-refractivity contribution in [2.75, 3.05) is 0 Å². The molecule has 2 atom stereocenters. The summed E-state index contributed by atoms with van der Waals surface area (Å²) in [7, 11) is 0. The normalized spacial score (nSPS) is 35.5. The lowest BCUT2D eigenvalue weighted by atomic mass is 9.68. The Labute approximate surface area is 76.2 Å². The Morgan fingerprint density at radius 3 is 2.33 bits per heavy atom. The summed E-state index contributed by atoms with van der Waals surface area (Å²) >= 11 is 0. The van der Waals surface area contributed by atoms with E-state index in [1.165, 1.54) is 12.8 Å². The van der Waals surface area contributed by atoms with Crippen molar-refractivity contribution in [3.05, 3.63) is 0 Å². The van der Waals surface area contributed by atoms with Crippen molar-refractivity contribution in [2.24, 2.45) is 17.3 Å². The Balaban J connectivity index is 2.54. The second-order valence-electron chi connectivity index (χ2n) is 5.38. The van der Waals surface area contributed by atoms with Crippen LogP contribution in [0.1, 0.15) is 47.0 Å². The van der Waals surface area contributed by atoms with Crippen molar-refractivity contribution in [1.82, 2.24) is 0 Å². The minimum Gasteiger partial charge on any atom is -0.393 e. The van der Waals surface area contributed by atoms with E-state index in [4.69, 9.17) is 0 Å². The summed E-state index contributed by atoms with van der Waals surface area (Å²) in [6.45, 7) is 8.94. The monoisotopic (exact) mass is 170 g/mol. The first-order chi connectivity index (χ1) is 5.42. The van der Waals surface area contributed by atoms with Crippen LogP contribution < -0.4 is 0 Å². The maximum atomic E-state index is 9.87. The molecule has 0 radical (unpaired) electrons. The van der Waals surface area contributed by atoms with Gasteiger partial charge in [-0.05, 0) is 36.5 Å². The molecule has 1 saturated carbocycles. The molecule has 0 aromatic carbocycles. The number of hydrogen-bond donors (Lipinski definition) is 1. The third kappa shape index (κ3) is 2.22. The van der Waals surface area contributed by atoms with Gasteiger partial charge >= 0.3 is 0 Å². The van der Waals surface area contributed by atoms with Crippen LogP contribution in [0, 0.1) is 17.3 Å². The molecule has 1 rings (SSSR count). The highest BCUT2D eigenvalue weighted by atomic mass is 16.3. The Morgan fingerprint density at radius 2 is 1.92 bits per heavy atom. The molecule has 72 valence electrons. The molecular formula is C11H22O. The smallest absolute Gasteiger partial charge is 0.0575 e. The SMILES string of the molecule is CC(C)[C@@H]1CCC(C)(C)C[C@@H]1O. The predicted molar refractivity (Wildman–Crippen MR) is 52.0 cm³/mol. The molecule has 0 spiro atoms. The minimum atomic E-state index is -0.0613. The number of aliphatic hydroxyl groups is 1. The second-order valence-corrected chi connectivity index (χ2v) is 5.38. The first kappa shape index (κ1) is 10.0. The van der Waals surface area contributed by atoms with E-state index in [0.717, 1.165) is 6.42 Å². The standard InChI is InChI=1S/C11H22O/c1-8(2)9-5-6-11(3,4)7-10(9)12/h8-10,12H,5-7H2,1-4H3/t9-,10-/m0/s1. The topological polar surface area (TPSA) is 20.2 Å². The fourth-order valence-electron chi connectivity index (χ4n) is 2.35. The Bertz CT molecular complexity index is 149. The molecule has 0 aromatic heterocycles. The van der Waals surface area contributed by atoms with E-state index < -0.39 is 0 Å². The zero-order chi connectivity index (χ0) is 9.35. The van der Waals surface area contributed by atoms with Crippen molar-refractivity contribution in [1.29, 1.82) is 0 Å². The molecule has 0 aromatic rings. The highest BCUT2D eigenvalue weighted by molar-refractivity contribution is 4.85. The molecule has 12 heavy (non-hydrogen) atoms. The maximum Gasteiger partial charge on any atom is 0.0575 e. The molecule has 1 N–H and O–H groups in total. The van der Waals surface area contributed by atoms with Gasteiger partial charge in [0.25, 0.3) is 0 Å². The van der Waals surface area contributed by atoms with Crippen LogP contribution in [0.4, 0.5) is 0 Å². The fraction of sp³-hybridized carbons (Fsp3) is 1.00. The summed E-state index contributed by atoms with van der Waals surface area (Å²) in [6, 6.07) is 0. The van der Waals surface area contributed by atoms with Gasteiger partial charge in [-0.3, -0.25) is 0 Å². The number of hydrogen-bond acceptors (Lipinski definition) is 1. The van der Waals surface area contributed by atoms with Gasteiger partial charge in [-0.25, -0.2) is 0 Å². The first-order valence-electron chi connectivity index (χ1n) is 5.10. The summed E-state index contributed by atoms with van der Waals surface area (Å²) < 4.78 is 0. The van der Waals surface area contributed by atoms with Gasteiger partial charge in [-0.1, -0.05) is 27.7 Å². The average molecular weight is 170 g/mol. The molecule has 1 heteroatoms. The van der Waals surface area contributed by atoms with Crippen molar-refractivity contribution in [2.45, 2.75) is 53.1 Å². The molecular weight excluding hydrogens is 148 g/mol. The minimum absolute atomic E-state index is 0.0613. The molecule has 0 heterocycles. The number of aliphatic hydroxyl groups excluding tert-OH is 1. The van der Waals surface area contributed by atoms with Crippen LogP contribution in [-0.4, -0.2) is 11.2 Å². The summed E-state index contributed by atoms with van der Waals surface area (Å²) in [6.07, 6.45) is 3.39. The molecule has 0 amide bonds. The summed E-state index contributed by atoms with van der Waals surface area (Å²) in [5.41, 5.74) is 0.366. The molecule has 1 aliphatic rings. The molecule has 0 saturated heterocycles. The van der Waals surface area contributed by atoms with Crippen molar-refractivity contribution in [3.63, 3.8) is 0 Å². The largest absolute Gasteiger partial charge is 0.393 e. The van der Waals surface area contributed by atoms with Gasteiger partial charge in [0.05, 0.1) is 6.10 Å². The second kappa shape index (κ2) is 3.37. The predicted octanol–water partition coefficient (Wildman–Crippen LogP) is 2.83. The van der Waals surface area contributed by atoms with E-state index >= 15 is 0 Å². The lowest BCUT2D eigenvalue weighted by Gasteiger charge is -2.40. The Hall–Kier alpha value is -0.0400. The third-order valence-electron chi connectivity index (χ3n) is 3.27. The van der Waals surface area contributed by atoms with E-state index in [1.807, 2.05) is 0 Å². The lowest BCUT2D eigenvalue weighted by molar-refractivity contribution is -0.00325. The van der Waals surface area contributed by atoms with Crippen molar-refractivity contribution >= 4 is 0 Å². The van der Waals surface area contributed by atoms with Crippen LogP contribution in [-0.2, 0) is 0 Å². The van der Waals surface area contributed by atoms with Gasteiger partial charge in [-0.2, -0.15) is 0 Å². The van der Waals surface area contributed by atoms with Crippen molar-refractivity contribution < 1.29 is 5.11 Å². The Morgan fingerprint density at radius 1 is 1.33 bits per heavy atom. The molecule has 1 fully saturated rings. The van der Waals surface area contributed by atoms with Gasteiger partial charge in [-0.15, -0.1) is 0 Å². The van der Waals surface area contributed by atoms with Gasteiger partial charge in [0.15, 0.2) is 0 Å². The molecule has 1 aliphatic carbocycles. The number of rotatable bonds is 1. The average Bonchev–Trinajstić information content (AvgIpc) is 1.83. The molecule has 0 aliphatic heterocycles. The molecule has 1 nitrogen and oxygen atoms in total. The molecule has 0 bridgehead atoms. The molecule has 0 unspecified atom stereocenters. The summed E-state index contributed by atoms with van der Waals surface area (Å²) in [5.74, 6) is 1.18. The van der Waals surface area contributed by atoms with Crippen LogP contribution >= 0.6 is 0 Å². The fourth-order valence-corrected chi connectivity index (χ4v) is 2.35. The highest BCUT2D eigenvalue weighted by Gasteiger charge is 2.34. The zero-order valence-corrected chi connectivity index (χ0v) is 8.80. The van der Waals surface area contributed by atoms with Gasteiger partial charge in [0, 0.05) is 0 Å². The van der Waals surface area contributed by atoms with Crippen LogP contribution in [0.25, 0.3) is 0 Å². The van der Waals surface area contributed by atoms with Crippen LogP contribution in [0.15, 0.2) is 0 Å². The summed E-state index contributed by atoms with van der Waals surface area (Å²) in [5, 5.41) is 9.87. The van der Waals surface area contributed by atoms with E-state index in [0.29, 0.717) is 17.3 Å². The van der Waals surface area contributed by atoms with Crippen LogP contribution in [0.3, 0.4) is 0 Å². The van der Waals surface area contributed by atoms with Crippen LogP contribution in [0.2, 0.25) is 0 Å². The van der Waals surface area contributed by atoms with E-state index in [-0.39, 0.29) is 6.10 Å². The van der Waals surface area contributed by atoms with Gasteiger partial charge < -0.3 is 5.11 Å². The highest BCUT2D eigenvalue weighted by Crippen LogP contribution is 2.40.